The van der Waals surface area contributed by atoms with Gasteiger partial charge in [-0.15, -0.1) is 0 Å². The molecule has 0 saturated heterocycles. The molecule has 0 bridgehead atoms. The summed E-state index contributed by atoms with van der Waals surface area (Å²) in [6, 6.07) is 7.31. The van der Waals surface area contributed by atoms with Crippen molar-refractivity contribution in [3.05, 3.63) is 56.6 Å². The number of phenols is 1. The number of halogens is 1. The molecule has 0 aliphatic carbocycles. The summed E-state index contributed by atoms with van der Waals surface area (Å²) in [6.45, 7) is 6.05. The molecule has 0 heterocycles. The molecular formula is C17H16ClN2O4-. The van der Waals surface area contributed by atoms with E-state index in [1.54, 1.807) is 12.1 Å². The molecule has 0 amide bonds. The van der Waals surface area contributed by atoms with E-state index in [0.717, 1.165) is 11.6 Å². The van der Waals surface area contributed by atoms with Crippen molar-refractivity contribution in [2.45, 2.75) is 26.2 Å². The number of aliphatic imine (C=N–C) groups is 1. The molecular weight excluding hydrogens is 332 g/mol. The Balaban J connectivity index is 2.47. The Hall–Kier alpha value is -2.60. The van der Waals surface area contributed by atoms with E-state index in [9.17, 15) is 20.3 Å². The van der Waals surface area contributed by atoms with E-state index in [0.29, 0.717) is 0 Å². The van der Waals surface area contributed by atoms with Crippen molar-refractivity contribution in [1.82, 2.24) is 0 Å². The standard InChI is InChI=1S/C17H17ClN2O4/c1-17(2,3)11-4-5-15(21)13(7-11)19-9-10-6-12(18)8-14(16(10)22)20(23)24/h4-9,21-22H,1-3H3/p-1. The highest BCUT2D eigenvalue weighted by molar-refractivity contribution is 6.31. The molecule has 0 radical (unpaired) electrons. The first-order valence-electron chi connectivity index (χ1n) is 7.12. The molecule has 6 nitrogen and oxygen atoms in total. The second-order valence-electron chi connectivity index (χ2n) is 6.31. The normalized spacial score (nSPS) is 11.8. The van der Waals surface area contributed by atoms with Gasteiger partial charge in [-0.3, -0.25) is 15.1 Å². The molecule has 1 N–H and O–H groups in total. The van der Waals surface area contributed by atoms with E-state index >= 15 is 0 Å². The van der Waals surface area contributed by atoms with Gasteiger partial charge < -0.3 is 10.2 Å². The van der Waals surface area contributed by atoms with Gasteiger partial charge in [0.2, 0.25) is 0 Å². The Morgan fingerprint density at radius 1 is 1.25 bits per heavy atom. The summed E-state index contributed by atoms with van der Waals surface area (Å²) in [4.78, 5) is 14.2. The Morgan fingerprint density at radius 2 is 1.92 bits per heavy atom. The molecule has 7 heteroatoms. The summed E-state index contributed by atoms with van der Waals surface area (Å²) < 4.78 is 0. The lowest BCUT2D eigenvalue weighted by Gasteiger charge is -2.19. The van der Waals surface area contributed by atoms with Crippen molar-refractivity contribution in [1.29, 1.82) is 0 Å². The van der Waals surface area contributed by atoms with Crippen LogP contribution in [0.25, 0.3) is 0 Å². The highest BCUT2D eigenvalue weighted by Crippen LogP contribution is 2.34. The molecule has 2 aromatic carbocycles. The van der Waals surface area contributed by atoms with Gasteiger partial charge in [0.05, 0.1) is 4.92 Å². The molecule has 0 saturated carbocycles. The van der Waals surface area contributed by atoms with E-state index in [-0.39, 0.29) is 27.4 Å². The molecule has 0 aliphatic rings. The van der Waals surface area contributed by atoms with Crippen LogP contribution in [0.1, 0.15) is 31.9 Å². The van der Waals surface area contributed by atoms with Crippen LogP contribution in [-0.2, 0) is 5.41 Å². The average Bonchev–Trinajstić information content (AvgIpc) is 2.47. The quantitative estimate of drug-likeness (QED) is 0.513. The van der Waals surface area contributed by atoms with Gasteiger partial charge in [0.1, 0.15) is 11.4 Å². The molecule has 2 aromatic rings. The maximum atomic E-state index is 12.0. The first-order chi connectivity index (χ1) is 11.1. The lowest BCUT2D eigenvalue weighted by atomic mass is 9.87. The van der Waals surface area contributed by atoms with Crippen LogP contribution in [0.15, 0.2) is 35.3 Å². The van der Waals surface area contributed by atoms with Crippen LogP contribution in [-0.4, -0.2) is 16.2 Å². The zero-order chi connectivity index (χ0) is 18.1. The van der Waals surface area contributed by atoms with Crippen LogP contribution in [0.5, 0.6) is 11.5 Å². The number of nitro benzene ring substituents is 1. The van der Waals surface area contributed by atoms with Gasteiger partial charge in [0.15, 0.2) is 0 Å². The van der Waals surface area contributed by atoms with E-state index in [4.69, 9.17) is 11.6 Å². The van der Waals surface area contributed by atoms with Gasteiger partial charge in [-0.25, -0.2) is 0 Å². The zero-order valence-electron chi connectivity index (χ0n) is 13.4. The maximum absolute atomic E-state index is 12.0. The Bertz CT molecular complexity index is 826. The lowest BCUT2D eigenvalue weighted by molar-refractivity contribution is -0.398. The summed E-state index contributed by atoms with van der Waals surface area (Å²) >= 11 is 5.81. The predicted octanol–water partition coefficient (Wildman–Crippen LogP) is 4.08. The molecule has 126 valence electrons. The third-order valence-corrected chi connectivity index (χ3v) is 3.66. The molecule has 0 fully saturated rings. The number of aromatic hydroxyl groups is 1. The van der Waals surface area contributed by atoms with Gasteiger partial charge in [0, 0.05) is 17.3 Å². The van der Waals surface area contributed by atoms with Gasteiger partial charge in [-0.05, 0) is 40.5 Å². The van der Waals surface area contributed by atoms with Crippen LogP contribution in [0.3, 0.4) is 0 Å². The molecule has 0 aromatic heterocycles. The van der Waals surface area contributed by atoms with Gasteiger partial charge in [-0.2, -0.15) is 0 Å². The number of nitro groups is 1. The van der Waals surface area contributed by atoms with Crippen LogP contribution in [0.2, 0.25) is 5.02 Å². The second kappa shape index (κ2) is 6.49. The van der Waals surface area contributed by atoms with Crippen molar-refractivity contribution in [2.24, 2.45) is 4.99 Å². The maximum Gasteiger partial charge on any atom is 0.263 e. The lowest BCUT2D eigenvalue weighted by Crippen LogP contribution is -2.10. The number of hydrogen-bond donors (Lipinski definition) is 1. The Morgan fingerprint density at radius 3 is 2.50 bits per heavy atom. The minimum atomic E-state index is -0.788. The predicted molar refractivity (Wildman–Crippen MR) is 91.6 cm³/mol. The molecule has 0 spiro atoms. The number of nitrogens with zero attached hydrogens (tertiary/aromatic N) is 2. The van der Waals surface area contributed by atoms with E-state index in [1.165, 1.54) is 18.3 Å². The largest absolute Gasteiger partial charge is 0.867 e. The topological polar surface area (TPSA) is 98.8 Å². The summed E-state index contributed by atoms with van der Waals surface area (Å²) in [7, 11) is 0. The molecule has 24 heavy (non-hydrogen) atoms. The average molecular weight is 348 g/mol. The molecule has 0 atom stereocenters. The SMILES string of the molecule is CC(C)(C)c1ccc(O)c(N=Cc2cc(Cl)cc([N+](=O)[O-])c2[O-])c1. The van der Waals surface area contributed by atoms with Crippen LogP contribution in [0, 0.1) is 10.1 Å². The monoisotopic (exact) mass is 347 g/mol. The summed E-state index contributed by atoms with van der Waals surface area (Å²) in [6.07, 6.45) is 1.17. The van der Waals surface area contributed by atoms with E-state index < -0.39 is 16.4 Å². The van der Waals surface area contributed by atoms with Gasteiger partial charge in [-0.1, -0.05) is 38.4 Å². The van der Waals surface area contributed by atoms with Crippen molar-refractivity contribution < 1.29 is 15.1 Å². The van der Waals surface area contributed by atoms with Crippen LogP contribution in [0.4, 0.5) is 11.4 Å². The molecule has 2 rings (SSSR count). The fourth-order valence-electron chi connectivity index (χ4n) is 2.06. The zero-order valence-corrected chi connectivity index (χ0v) is 14.2. The third kappa shape index (κ3) is 3.83. The number of phenolic OH excluding ortho intramolecular Hbond substituents is 1. The Kier molecular flexibility index (Phi) is 4.80. The van der Waals surface area contributed by atoms with E-state index in [1.807, 2.05) is 20.8 Å². The summed E-state index contributed by atoms with van der Waals surface area (Å²) in [5, 5.41) is 32.9. The fraction of sp³-hybridized carbons (Fsp3) is 0.235. The van der Waals surface area contributed by atoms with Crippen LogP contribution >= 0.6 is 11.6 Å². The van der Waals surface area contributed by atoms with Crippen molar-refractivity contribution >= 4 is 29.2 Å². The summed E-state index contributed by atoms with van der Waals surface area (Å²) in [5.41, 5.74) is 0.443. The second-order valence-corrected chi connectivity index (χ2v) is 6.75. The van der Waals surface area contributed by atoms with Crippen LogP contribution < -0.4 is 5.11 Å². The van der Waals surface area contributed by atoms with Crippen molar-refractivity contribution in [3.8, 4) is 11.5 Å². The first-order valence-corrected chi connectivity index (χ1v) is 7.50. The van der Waals surface area contributed by atoms with Gasteiger partial charge in [0.25, 0.3) is 5.69 Å². The molecule has 0 unspecified atom stereocenters. The number of rotatable bonds is 3. The van der Waals surface area contributed by atoms with Gasteiger partial charge >= 0.3 is 0 Å². The van der Waals surface area contributed by atoms with E-state index in [2.05, 4.69) is 4.99 Å². The first kappa shape index (κ1) is 17.7. The number of hydrogen-bond acceptors (Lipinski definition) is 5. The highest BCUT2D eigenvalue weighted by atomic mass is 35.5. The smallest absolute Gasteiger partial charge is 0.263 e. The minimum Gasteiger partial charge on any atom is -0.867 e. The third-order valence-electron chi connectivity index (χ3n) is 3.44. The molecule has 0 aliphatic heterocycles. The minimum absolute atomic E-state index is 0.0187. The summed E-state index contributed by atoms with van der Waals surface area (Å²) in [5.74, 6) is -0.831. The Labute approximate surface area is 144 Å². The fourth-order valence-corrected chi connectivity index (χ4v) is 2.28. The van der Waals surface area contributed by atoms with Crippen molar-refractivity contribution in [2.75, 3.05) is 0 Å². The number of benzene rings is 2. The highest BCUT2D eigenvalue weighted by Gasteiger charge is 2.15. The van der Waals surface area contributed by atoms with Crippen molar-refractivity contribution in [3.63, 3.8) is 0 Å².